The molecule has 6 nitrogen and oxygen atoms in total. The molecule has 0 aliphatic carbocycles. The Labute approximate surface area is 147 Å². The van der Waals surface area contributed by atoms with Crippen molar-refractivity contribution in [2.24, 2.45) is 0 Å². The summed E-state index contributed by atoms with van der Waals surface area (Å²) in [5, 5.41) is 12.4. The number of hydrogen-bond donors (Lipinski definition) is 2. The monoisotopic (exact) mass is 345 g/mol. The topological polar surface area (TPSA) is 64.5 Å². The largest absolute Gasteiger partial charge is 0.392 e. The van der Waals surface area contributed by atoms with Crippen molar-refractivity contribution >= 4 is 5.95 Å². The molecule has 0 spiro atoms. The molecule has 0 atom stereocenters. The summed E-state index contributed by atoms with van der Waals surface area (Å²) in [6.45, 7) is 4.89. The Morgan fingerprint density at radius 2 is 1.76 bits per heavy atom. The number of aliphatic hydroxyl groups is 1. The van der Waals surface area contributed by atoms with Crippen LogP contribution in [0.15, 0.2) is 30.6 Å². The third-order valence-corrected chi connectivity index (χ3v) is 4.42. The Morgan fingerprint density at radius 1 is 1.08 bits per heavy atom. The lowest BCUT2D eigenvalue weighted by atomic mass is 10.1. The number of likely N-dealkylation sites (N-methyl/N-ethyl adjacent to an activating group) is 1. The van der Waals surface area contributed by atoms with Crippen LogP contribution in [0.1, 0.15) is 16.7 Å². The van der Waals surface area contributed by atoms with E-state index in [1.54, 1.807) is 12.1 Å². The summed E-state index contributed by atoms with van der Waals surface area (Å²) in [5.41, 5.74) is 2.25. The smallest absolute Gasteiger partial charge is 0.225 e. The highest BCUT2D eigenvalue weighted by Gasteiger charge is 2.16. The van der Waals surface area contributed by atoms with Crippen molar-refractivity contribution in [3.05, 3.63) is 53.1 Å². The highest BCUT2D eigenvalue weighted by Crippen LogP contribution is 2.12. The second-order valence-electron chi connectivity index (χ2n) is 6.37. The van der Waals surface area contributed by atoms with Gasteiger partial charge in [-0.3, -0.25) is 0 Å². The van der Waals surface area contributed by atoms with E-state index < -0.39 is 0 Å². The summed E-state index contributed by atoms with van der Waals surface area (Å²) in [4.78, 5) is 13.4. The van der Waals surface area contributed by atoms with E-state index in [9.17, 15) is 4.39 Å². The van der Waals surface area contributed by atoms with Gasteiger partial charge < -0.3 is 20.2 Å². The number of halogens is 1. The maximum Gasteiger partial charge on any atom is 0.225 e. The molecule has 0 saturated carbocycles. The van der Waals surface area contributed by atoms with E-state index in [0.717, 1.165) is 43.3 Å². The average Bonchev–Trinajstić information content (AvgIpc) is 2.64. The summed E-state index contributed by atoms with van der Waals surface area (Å²) in [6.07, 6.45) is 3.69. The lowest BCUT2D eigenvalue weighted by Crippen LogP contribution is -2.45. The van der Waals surface area contributed by atoms with Crippen molar-refractivity contribution in [3.8, 4) is 0 Å². The van der Waals surface area contributed by atoms with E-state index in [4.69, 9.17) is 5.11 Å². The van der Waals surface area contributed by atoms with Gasteiger partial charge in [-0.05, 0) is 24.7 Å². The number of hydrogen-bond acceptors (Lipinski definition) is 6. The highest BCUT2D eigenvalue weighted by atomic mass is 19.1. The average molecular weight is 345 g/mol. The van der Waals surface area contributed by atoms with Gasteiger partial charge in [0, 0.05) is 62.8 Å². The van der Waals surface area contributed by atoms with Crippen LogP contribution in [0.25, 0.3) is 0 Å². The number of aromatic nitrogens is 2. The standard InChI is InChI=1S/C18H24FN5O/c1-23-4-6-24(7-5-23)18-21-11-15(12-22-18)10-20-9-14-2-3-17(19)16(8-14)13-25/h2-3,8,11-12,20,25H,4-7,9-10,13H2,1H3. The zero-order valence-corrected chi connectivity index (χ0v) is 14.5. The first-order valence-electron chi connectivity index (χ1n) is 8.49. The summed E-state index contributed by atoms with van der Waals surface area (Å²) in [7, 11) is 2.12. The molecular formula is C18H24FN5O. The van der Waals surface area contributed by atoms with Crippen LogP contribution in [-0.2, 0) is 19.7 Å². The van der Waals surface area contributed by atoms with Crippen molar-refractivity contribution in [1.82, 2.24) is 20.2 Å². The fraction of sp³-hybridized carbons (Fsp3) is 0.444. The molecule has 1 aromatic heterocycles. The molecule has 0 unspecified atom stereocenters. The van der Waals surface area contributed by atoms with Crippen molar-refractivity contribution in [2.75, 3.05) is 38.1 Å². The minimum atomic E-state index is -0.376. The first-order valence-corrected chi connectivity index (χ1v) is 8.49. The van der Waals surface area contributed by atoms with Crippen molar-refractivity contribution in [3.63, 3.8) is 0 Å². The SMILES string of the molecule is CN1CCN(c2ncc(CNCc3ccc(F)c(CO)c3)cn2)CC1. The molecule has 2 aromatic rings. The Morgan fingerprint density at radius 3 is 2.44 bits per heavy atom. The van der Waals surface area contributed by atoms with Gasteiger partial charge in [0.25, 0.3) is 0 Å². The van der Waals surface area contributed by atoms with Crippen LogP contribution in [0.2, 0.25) is 0 Å². The summed E-state index contributed by atoms with van der Waals surface area (Å²) < 4.78 is 13.4. The molecule has 1 saturated heterocycles. The predicted molar refractivity (Wildman–Crippen MR) is 94.6 cm³/mol. The van der Waals surface area contributed by atoms with Gasteiger partial charge in [0.2, 0.25) is 5.95 Å². The third-order valence-electron chi connectivity index (χ3n) is 4.42. The number of aliphatic hydroxyl groups excluding tert-OH is 1. The van der Waals surface area contributed by atoms with E-state index in [1.807, 2.05) is 12.4 Å². The molecule has 7 heteroatoms. The fourth-order valence-corrected chi connectivity index (χ4v) is 2.82. The van der Waals surface area contributed by atoms with E-state index in [1.165, 1.54) is 6.07 Å². The maximum absolute atomic E-state index is 13.4. The molecule has 25 heavy (non-hydrogen) atoms. The molecular weight excluding hydrogens is 321 g/mol. The van der Waals surface area contributed by atoms with Gasteiger partial charge in [-0.25, -0.2) is 14.4 Å². The first kappa shape index (κ1) is 17.7. The van der Waals surface area contributed by atoms with Gasteiger partial charge in [-0.2, -0.15) is 0 Å². The molecule has 1 aromatic carbocycles. The maximum atomic E-state index is 13.4. The second kappa shape index (κ2) is 8.33. The predicted octanol–water partition coefficient (Wildman–Crippen LogP) is 1.15. The van der Waals surface area contributed by atoms with Crippen LogP contribution in [-0.4, -0.2) is 53.2 Å². The molecule has 2 N–H and O–H groups in total. The fourth-order valence-electron chi connectivity index (χ4n) is 2.82. The van der Waals surface area contributed by atoms with Crippen LogP contribution in [0.4, 0.5) is 10.3 Å². The first-order chi connectivity index (χ1) is 12.2. The van der Waals surface area contributed by atoms with Gasteiger partial charge in [-0.15, -0.1) is 0 Å². The van der Waals surface area contributed by atoms with E-state index in [-0.39, 0.29) is 12.4 Å². The quantitative estimate of drug-likeness (QED) is 0.819. The van der Waals surface area contributed by atoms with Crippen molar-refractivity contribution in [2.45, 2.75) is 19.7 Å². The van der Waals surface area contributed by atoms with Crippen molar-refractivity contribution < 1.29 is 9.50 Å². The van der Waals surface area contributed by atoms with Crippen LogP contribution in [0.3, 0.4) is 0 Å². The number of benzene rings is 1. The Kier molecular flexibility index (Phi) is 5.91. The van der Waals surface area contributed by atoms with E-state index in [2.05, 4.69) is 32.1 Å². The van der Waals surface area contributed by atoms with Crippen molar-refractivity contribution in [1.29, 1.82) is 0 Å². The summed E-state index contributed by atoms with van der Waals surface area (Å²) in [5.74, 6) is 0.405. The minimum Gasteiger partial charge on any atom is -0.392 e. The van der Waals surface area contributed by atoms with Crippen LogP contribution in [0.5, 0.6) is 0 Å². The Bertz CT molecular complexity index is 686. The number of nitrogens with zero attached hydrogens (tertiary/aromatic N) is 4. The summed E-state index contributed by atoms with van der Waals surface area (Å²) >= 11 is 0. The third kappa shape index (κ3) is 4.72. The zero-order chi connectivity index (χ0) is 17.6. The van der Waals surface area contributed by atoms with Crippen LogP contribution in [0, 0.1) is 5.82 Å². The second-order valence-corrected chi connectivity index (χ2v) is 6.37. The lowest BCUT2D eigenvalue weighted by Gasteiger charge is -2.32. The normalized spacial score (nSPS) is 15.6. The molecule has 0 amide bonds. The number of rotatable bonds is 6. The molecule has 1 aliphatic rings. The Hall–Kier alpha value is -2.09. The van der Waals surface area contributed by atoms with E-state index in [0.29, 0.717) is 18.7 Å². The van der Waals surface area contributed by atoms with E-state index >= 15 is 0 Å². The number of anilines is 1. The van der Waals surface area contributed by atoms with Gasteiger partial charge in [0.15, 0.2) is 0 Å². The van der Waals surface area contributed by atoms with Gasteiger partial charge in [0.1, 0.15) is 5.82 Å². The lowest BCUT2D eigenvalue weighted by molar-refractivity contribution is 0.275. The van der Waals surface area contributed by atoms with Crippen LogP contribution >= 0.6 is 0 Å². The Balaban J connectivity index is 1.50. The zero-order valence-electron chi connectivity index (χ0n) is 14.5. The molecule has 2 heterocycles. The highest BCUT2D eigenvalue weighted by molar-refractivity contribution is 5.30. The minimum absolute atomic E-state index is 0.290. The summed E-state index contributed by atoms with van der Waals surface area (Å²) in [6, 6.07) is 4.78. The van der Waals surface area contributed by atoms with Gasteiger partial charge in [0.05, 0.1) is 6.61 Å². The van der Waals surface area contributed by atoms with Crippen LogP contribution < -0.4 is 10.2 Å². The van der Waals surface area contributed by atoms with Gasteiger partial charge in [-0.1, -0.05) is 6.07 Å². The molecule has 1 fully saturated rings. The molecule has 1 aliphatic heterocycles. The number of nitrogens with one attached hydrogen (secondary N) is 1. The van der Waals surface area contributed by atoms with Gasteiger partial charge >= 0.3 is 0 Å². The molecule has 134 valence electrons. The molecule has 0 radical (unpaired) electrons. The molecule has 0 bridgehead atoms. The number of piperazine rings is 1. The molecule has 3 rings (SSSR count).